The summed E-state index contributed by atoms with van der Waals surface area (Å²) < 4.78 is 5.49. The molecule has 1 atom stereocenters. The van der Waals surface area contributed by atoms with Crippen LogP contribution in [0.3, 0.4) is 0 Å². The minimum Gasteiger partial charge on any atom is -0.337 e. The fourth-order valence-corrected chi connectivity index (χ4v) is 3.47. The van der Waals surface area contributed by atoms with E-state index in [0.29, 0.717) is 36.1 Å². The van der Waals surface area contributed by atoms with Crippen LogP contribution in [0, 0.1) is 6.92 Å². The van der Waals surface area contributed by atoms with Crippen molar-refractivity contribution in [2.24, 2.45) is 0 Å². The second-order valence-corrected chi connectivity index (χ2v) is 6.91. The van der Waals surface area contributed by atoms with Crippen LogP contribution >= 0.6 is 11.6 Å². The Labute approximate surface area is 156 Å². The Balaban J connectivity index is 1.60. The largest absolute Gasteiger partial charge is 0.337 e. The van der Waals surface area contributed by atoms with Gasteiger partial charge in [-0.2, -0.15) is 4.98 Å². The van der Waals surface area contributed by atoms with Crippen LogP contribution in [0.5, 0.6) is 0 Å². The van der Waals surface area contributed by atoms with E-state index in [1.807, 2.05) is 35.2 Å². The Morgan fingerprint density at radius 2 is 2.08 bits per heavy atom. The van der Waals surface area contributed by atoms with Crippen LogP contribution in [-0.2, 0) is 11.3 Å². The number of rotatable bonds is 4. The van der Waals surface area contributed by atoms with Crippen molar-refractivity contribution in [2.45, 2.75) is 32.4 Å². The summed E-state index contributed by atoms with van der Waals surface area (Å²) in [6.45, 7) is 2.60. The van der Waals surface area contributed by atoms with Gasteiger partial charge in [-0.15, -0.1) is 0 Å². The summed E-state index contributed by atoms with van der Waals surface area (Å²) in [7, 11) is 0. The van der Waals surface area contributed by atoms with Crippen LogP contribution in [0.15, 0.2) is 53.1 Å². The molecule has 4 rings (SSSR count). The molecule has 1 amide bonds. The average molecular weight is 368 g/mol. The Morgan fingerprint density at radius 3 is 2.88 bits per heavy atom. The van der Waals surface area contributed by atoms with Crippen molar-refractivity contribution >= 4 is 17.5 Å². The molecular formula is C20H18ClN3O2. The average Bonchev–Trinajstić information content (AvgIpc) is 3.25. The lowest BCUT2D eigenvalue weighted by Gasteiger charge is -2.23. The maximum absolute atomic E-state index is 12.4. The van der Waals surface area contributed by atoms with Crippen molar-refractivity contribution in [1.29, 1.82) is 0 Å². The topological polar surface area (TPSA) is 59.2 Å². The monoisotopic (exact) mass is 367 g/mol. The van der Waals surface area contributed by atoms with Gasteiger partial charge < -0.3 is 9.42 Å². The number of likely N-dealkylation sites (tertiary alicyclic amines) is 1. The minimum absolute atomic E-state index is 0.112. The van der Waals surface area contributed by atoms with Gasteiger partial charge in [0.25, 0.3) is 0 Å². The molecule has 1 aromatic heterocycles. The Kier molecular flexibility index (Phi) is 4.47. The molecule has 1 aliphatic heterocycles. The lowest BCUT2D eigenvalue weighted by molar-refractivity contribution is -0.130. The maximum atomic E-state index is 12.4. The molecule has 3 aromatic rings. The lowest BCUT2D eigenvalue weighted by atomic mass is 10.1. The number of carbonyl (C=O) groups excluding carboxylic acids is 1. The van der Waals surface area contributed by atoms with Gasteiger partial charge in [-0.25, -0.2) is 0 Å². The molecule has 0 saturated carbocycles. The summed E-state index contributed by atoms with van der Waals surface area (Å²) in [5, 5.41) is 4.69. The van der Waals surface area contributed by atoms with Gasteiger partial charge in [0.15, 0.2) is 0 Å². The zero-order valence-electron chi connectivity index (χ0n) is 14.4. The predicted molar refractivity (Wildman–Crippen MR) is 98.4 cm³/mol. The molecule has 1 fully saturated rings. The van der Waals surface area contributed by atoms with Crippen molar-refractivity contribution in [3.8, 4) is 11.4 Å². The lowest BCUT2D eigenvalue weighted by Crippen LogP contribution is -2.27. The molecule has 6 heteroatoms. The van der Waals surface area contributed by atoms with E-state index in [0.717, 1.165) is 16.7 Å². The van der Waals surface area contributed by atoms with Gasteiger partial charge in [-0.05, 0) is 36.6 Å². The summed E-state index contributed by atoms with van der Waals surface area (Å²) >= 11 is 6.04. The van der Waals surface area contributed by atoms with Crippen molar-refractivity contribution < 1.29 is 9.32 Å². The number of aromatic nitrogens is 2. The van der Waals surface area contributed by atoms with Crippen molar-refractivity contribution in [3.63, 3.8) is 0 Å². The highest BCUT2D eigenvalue weighted by molar-refractivity contribution is 6.30. The molecule has 0 aliphatic carbocycles. The van der Waals surface area contributed by atoms with Crippen molar-refractivity contribution in [3.05, 3.63) is 70.6 Å². The van der Waals surface area contributed by atoms with Crippen LogP contribution < -0.4 is 0 Å². The number of benzene rings is 2. The Hall–Kier alpha value is -2.66. The standard InChI is InChI=1S/C20H18ClN3O2/c1-13-5-2-3-6-15(13)12-24-17(9-10-18(24)25)20-22-19(23-26-20)14-7-4-8-16(21)11-14/h2-8,11,17H,9-10,12H2,1H3. The summed E-state index contributed by atoms with van der Waals surface area (Å²) in [6, 6.07) is 15.2. The summed E-state index contributed by atoms with van der Waals surface area (Å²) in [5.74, 6) is 1.07. The highest BCUT2D eigenvalue weighted by Crippen LogP contribution is 2.34. The van der Waals surface area contributed by atoms with E-state index in [1.165, 1.54) is 0 Å². The van der Waals surface area contributed by atoms with Crippen LogP contribution in [0.4, 0.5) is 0 Å². The van der Waals surface area contributed by atoms with E-state index in [-0.39, 0.29) is 11.9 Å². The van der Waals surface area contributed by atoms with Crippen LogP contribution in [0.2, 0.25) is 5.02 Å². The quantitative estimate of drug-likeness (QED) is 0.678. The van der Waals surface area contributed by atoms with E-state index in [9.17, 15) is 4.79 Å². The van der Waals surface area contributed by atoms with Gasteiger partial charge in [-0.1, -0.05) is 53.2 Å². The fraction of sp³-hybridized carbons (Fsp3) is 0.250. The predicted octanol–water partition coefficient (Wildman–Crippen LogP) is 4.56. The third-order valence-corrected chi connectivity index (χ3v) is 4.97. The summed E-state index contributed by atoms with van der Waals surface area (Å²) in [5.41, 5.74) is 3.08. The number of hydrogen-bond donors (Lipinski definition) is 0. The second kappa shape index (κ2) is 6.92. The van der Waals surface area contributed by atoms with Gasteiger partial charge in [0.1, 0.15) is 6.04 Å². The first-order valence-electron chi connectivity index (χ1n) is 8.55. The molecule has 1 aliphatic rings. The van der Waals surface area contributed by atoms with Gasteiger partial charge >= 0.3 is 0 Å². The normalized spacial score (nSPS) is 17.1. The van der Waals surface area contributed by atoms with Gasteiger partial charge in [-0.3, -0.25) is 4.79 Å². The van der Waals surface area contributed by atoms with Crippen molar-refractivity contribution in [1.82, 2.24) is 15.0 Å². The first-order valence-corrected chi connectivity index (χ1v) is 8.93. The SMILES string of the molecule is Cc1ccccc1CN1C(=O)CCC1c1nc(-c2cccc(Cl)c2)no1. The van der Waals surface area contributed by atoms with E-state index in [1.54, 1.807) is 12.1 Å². The zero-order chi connectivity index (χ0) is 18.1. The molecule has 0 N–H and O–H groups in total. The number of nitrogens with zero attached hydrogens (tertiary/aromatic N) is 3. The fourth-order valence-electron chi connectivity index (χ4n) is 3.27. The van der Waals surface area contributed by atoms with Gasteiger partial charge in [0, 0.05) is 23.6 Å². The third kappa shape index (κ3) is 3.22. The van der Waals surface area contributed by atoms with Crippen LogP contribution in [0.1, 0.15) is 35.9 Å². The smallest absolute Gasteiger partial charge is 0.249 e. The number of carbonyl (C=O) groups is 1. The molecule has 132 valence electrons. The number of amides is 1. The molecule has 0 spiro atoms. The van der Waals surface area contributed by atoms with E-state index < -0.39 is 0 Å². The van der Waals surface area contributed by atoms with Crippen LogP contribution in [-0.4, -0.2) is 20.9 Å². The molecule has 5 nitrogen and oxygen atoms in total. The van der Waals surface area contributed by atoms with Gasteiger partial charge in [0.05, 0.1) is 0 Å². The number of aryl methyl sites for hydroxylation is 1. The molecule has 1 saturated heterocycles. The van der Waals surface area contributed by atoms with Crippen LogP contribution in [0.25, 0.3) is 11.4 Å². The molecular weight excluding hydrogens is 350 g/mol. The Bertz CT molecular complexity index is 953. The molecule has 1 unspecified atom stereocenters. The molecule has 2 aromatic carbocycles. The third-order valence-electron chi connectivity index (χ3n) is 4.74. The Morgan fingerprint density at radius 1 is 1.23 bits per heavy atom. The first kappa shape index (κ1) is 16.8. The van der Waals surface area contributed by atoms with E-state index in [4.69, 9.17) is 16.1 Å². The molecule has 2 heterocycles. The maximum Gasteiger partial charge on any atom is 0.249 e. The molecule has 0 radical (unpaired) electrons. The number of halogens is 1. The first-order chi connectivity index (χ1) is 12.6. The van der Waals surface area contributed by atoms with E-state index >= 15 is 0 Å². The minimum atomic E-state index is -0.192. The second-order valence-electron chi connectivity index (χ2n) is 6.47. The highest BCUT2D eigenvalue weighted by atomic mass is 35.5. The zero-order valence-corrected chi connectivity index (χ0v) is 15.1. The summed E-state index contributed by atoms with van der Waals surface area (Å²) in [6.07, 6.45) is 1.17. The summed E-state index contributed by atoms with van der Waals surface area (Å²) in [4.78, 5) is 18.8. The molecule has 26 heavy (non-hydrogen) atoms. The van der Waals surface area contributed by atoms with Crippen molar-refractivity contribution in [2.75, 3.05) is 0 Å². The highest BCUT2D eigenvalue weighted by Gasteiger charge is 2.36. The number of hydrogen-bond acceptors (Lipinski definition) is 4. The van der Waals surface area contributed by atoms with E-state index in [2.05, 4.69) is 23.1 Å². The van der Waals surface area contributed by atoms with Gasteiger partial charge in [0.2, 0.25) is 17.6 Å². The molecule has 0 bridgehead atoms.